The lowest BCUT2D eigenvalue weighted by molar-refractivity contribution is -0.274. The number of likely N-dealkylation sites (N-methyl/N-ethyl adjacent to an activating group) is 1. The van der Waals surface area contributed by atoms with Crippen molar-refractivity contribution in [2.24, 2.45) is 0 Å². The predicted octanol–water partition coefficient (Wildman–Crippen LogP) is 4.99. The van der Waals surface area contributed by atoms with Crippen LogP contribution in [0.1, 0.15) is 32.9 Å². The smallest absolute Gasteiger partial charge is 0.406 e. The van der Waals surface area contributed by atoms with Gasteiger partial charge in [-0.15, -0.1) is 13.2 Å². The summed E-state index contributed by atoms with van der Waals surface area (Å²) in [6, 6.07) is 13.8. The van der Waals surface area contributed by atoms with E-state index in [0.29, 0.717) is 30.8 Å². The van der Waals surface area contributed by atoms with Gasteiger partial charge in [0.1, 0.15) is 11.4 Å². The largest absolute Gasteiger partial charge is 0.573 e. The van der Waals surface area contributed by atoms with Crippen LogP contribution in [-0.4, -0.2) is 65.1 Å². The van der Waals surface area contributed by atoms with Gasteiger partial charge in [0.25, 0.3) is 5.91 Å². The Morgan fingerprint density at radius 3 is 2.42 bits per heavy atom. The second kappa shape index (κ2) is 10.5. The first-order chi connectivity index (χ1) is 17.1. The number of rotatable bonds is 6. The number of aromatic nitrogens is 2. The average Bonchev–Trinajstić information content (AvgIpc) is 3.20. The van der Waals surface area contributed by atoms with Gasteiger partial charge in [0.15, 0.2) is 5.83 Å². The van der Waals surface area contributed by atoms with Crippen molar-refractivity contribution in [3.63, 3.8) is 0 Å². The fourth-order valence-corrected chi connectivity index (χ4v) is 3.94. The van der Waals surface area contributed by atoms with Gasteiger partial charge < -0.3 is 14.5 Å². The van der Waals surface area contributed by atoms with Crippen LogP contribution in [-0.2, 0) is 6.54 Å². The van der Waals surface area contributed by atoms with Crippen molar-refractivity contribution in [2.45, 2.75) is 19.8 Å². The highest BCUT2D eigenvalue weighted by Gasteiger charge is 2.31. The molecule has 1 aliphatic heterocycles. The van der Waals surface area contributed by atoms with Crippen LogP contribution >= 0.6 is 0 Å². The van der Waals surface area contributed by atoms with E-state index in [1.54, 1.807) is 23.7 Å². The van der Waals surface area contributed by atoms with E-state index in [1.165, 1.54) is 18.2 Å². The Bertz CT molecular complexity index is 1240. The molecule has 4 rings (SSSR count). The second-order valence-corrected chi connectivity index (χ2v) is 8.73. The van der Waals surface area contributed by atoms with Gasteiger partial charge in [-0.05, 0) is 61.5 Å². The fraction of sp³-hybridized carbons (Fsp3) is 0.308. The predicted molar refractivity (Wildman–Crippen MR) is 128 cm³/mol. The molecule has 6 nitrogen and oxygen atoms in total. The molecule has 2 heterocycles. The number of ether oxygens (including phenoxy) is 1. The summed E-state index contributed by atoms with van der Waals surface area (Å²) >= 11 is 0. The summed E-state index contributed by atoms with van der Waals surface area (Å²) in [5, 5.41) is 4.34. The maximum Gasteiger partial charge on any atom is 0.573 e. The first kappa shape index (κ1) is 25.4. The molecule has 0 N–H and O–H groups in total. The third-order valence-electron chi connectivity index (χ3n) is 5.93. The van der Waals surface area contributed by atoms with Gasteiger partial charge in [0, 0.05) is 37.4 Å². The van der Waals surface area contributed by atoms with E-state index >= 15 is 0 Å². The minimum absolute atomic E-state index is 0.0107. The summed E-state index contributed by atoms with van der Waals surface area (Å²) in [4.78, 5) is 16.9. The summed E-state index contributed by atoms with van der Waals surface area (Å²) < 4.78 is 57.2. The molecule has 0 aliphatic carbocycles. The number of hydrogen-bond donors (Lipinski definition) is 0. The maximum atomic E-state index is 14.8. The van der Waals surface area contributed by atoms with Crippen LogP contribution in [0.5, 0.6) is 5.75 Å². The molecule has 0 radical (unpaired) electrons. The van der Waals surface area contributed by atoms with Crippen molar-refractivity contribution in [3.05, 3.63) is 82.7 Å². The van der Waals surface area contributed by atoms with E-state index < -0.39 is 12.2 Å². The molecule has 190 valence electrons. The second-order valence-electron chi connectivity index (χ2n) is 8.73. The lowest BCUT2D eigenvalue weighted by atomic mass is 10.1. The van der Waals surface area contributed by atoms with Crippen molar-refractivity contribution in [1.82, 2.24) is 19.6 Å². The summed E-state index contributed by atoms with van der Waals surface area (Å²) in [5.74, 6) is -1.02. The third-order valence-corrected chi connectivity index (χ3v) is 5.93. The van der Waals surface area contributed by atoms with Crippen LogP contribution in [0.4, 0.5) is 17.6 Å². The third kappa shape index (κ3) is 6.51. The van der Waals surface area contributed by atoms with E-state index in [4.69, 9.17) is 0 Å². The highest BCUT2D eigenvalue weighted by atomic mass is 19.4. The highest BCUT2D eigenvalue weighted by Crippen LogP contribution is 2.25. The van der Waals surface area contributed by atoms with Gasteiger partial charge >= 0.3 is 6.36 Å². The van der Waals surface area contributed by atoms with E-state index in [2.05, 4.69) is 14.7 Å². The average molecular weight is 503 g/mol. The van der Waals surface area contributed by atoms with Gasteiger partial charge in [-0.2, -0.15) is 5.10 Å². The first-order valence-corrected chi connectivity index (χ1v) is 11.4. The summed E-state index contributed by atoms with van der Waals surface area (Å²) in [7, 11) is 2.03. The summed E-state index contributed by atoms with van der Waals surface area (Å²) in [6.45, 7) is 5.20. The number of halogens is 4. The Balaban J connectivity index is 1.45. The number of aryl methyl sites for hydroxylation is 1. The topological polar surface area (TPSA) is 50.6 Å². The number of piperazine rings is 1. The van der Waals surface area contributed by atoms with Crippen LogP contribution in [0.25, 0.3) is 11.9 Å². The number of carbonyl (C=O) groups is 1. The molecule has 10 heteroatoms. The van der Waals surface area contributed by atoms with Crippen molar-refractivity contribution >= 4 is 17.8 Å². The normalized spacial score (nSPS) is 15.3. The standard InChI is InChI=1S/C26H26F4N4O2/c1-18-14-24(23(27)16-19-6-8-22(9-7-19)36-26(28,29)30)31-34(18)17-20-4-3-5-21(15-20)25(35)33-12-10-32(2)11-13-33/h3-9,14-16H,10-13,17H2,1-2H3/b23-16-. The van der Waals surface area contributed by atoms with Gasteiger partial charge in [-0.1, -0.05) is 24.3 Å². The Morgan fingerprint density at radius 1 is 1.06 bits per heavy atom. The Labute approximate surface area is 206 Å². The molecule has 1 aliphatic rings. The van der Waals surface area contributed by atoms with Gasteiger partial charge in [0.2, 0.25) is 0 Å². The molecule has 0 unspecified atom stereocenters. The SMILES string of the molecule is Cc1cc(/C(F)=C/c2ccc(OC(F)(F)F)cc2)nn1Cc1cccc(C(=O)N2CCN(C)CC2)c1. The number of benzene rings is 2. The molecule has 36 heavy (non-hydrogen) atoms. The molecule has 2 aromatic carbocycles. The zero-order chi connectivity index (χ0) is 25.9. The Kier molecular flexibility index (Phi) is 7.44. The Morgan fingerprint density at radius 2 is 1.75 bits per heavy atom. The summed E-state index contributed by atoms with van der Waals surface area (Å²) in [6.07, 6.45) is -3.59. The van der Waals surface area contributed by atoms with Crippen LogP contribution in [0.2, 0.25) is 0 Å². The van der Waals surface area contributed by atoms with Gasteiger partial charge in [0.05, 0.1) is 6.54 Å². The molecule has 1 saturated heterocycles. The van der Waals surface area contributed by atoms with Gasteiger partial charge in [-0.25, -0.2) is 4.39 Å². The molecule has 1 amide bonds. The first-order valence-electron chi connectivity index (χ1n) is 11.4. The van der Waals surface area contributed by atoms with Crippen molar-refractivity contribution in [3.8, 4) is 5.75 Å². The maximum absolute atomic E-state index is 14.8. The zero-order valence-corrected chi connectivity index (χ0v) is 19.9. The van der Waals surface area contributed by atoms with Crippen molar-refractivity contribution < 1.29 is 27.1 Å². The van der Waals surface area contributed by atoms with Gasteiger partial charge in [-0.3, -0.25) is 9.48 Å². The number of hydrogen-bond acceptors (Lipinski definition) is 4. The van der Waals surface area contributed by atoms with E-state index in [-0.39, 0.29) is 17.4 Å². The molecule has 0 saturated carbocycles. The number of alkyl halides is 3. The molecule has 1 fully saturated rings. The summed E-state index contributed by atoms with van der Waals surface area (Å²) in [5.41, 5.74) is 2.65. The molecule has 0 bridgehead atoms. The molecule has 1 aromatic heterocycles. The minimum Gasteiger partial charge on any atom is -0.406 e. The lowest BCUT2D eigenvalue weighted by Crippen LogP contribution is -2.47. The van der Waals surface area contributed by atoms with Crippen LogP contribution in [0.3, 0.4) is 0 Å². The number of nitrogens with zero attached hydrogens (tertiary/aromatic N) is 4. The van der Waals surface area contributed by atoms with Crippen molar-refractivity contribution in [2.75, 3.05) is 33.2 Å². The molecule has 0 spiro atoms. The van der Waals surface area contributed by atoms with Crippen LogP contribution in [0, 0.1) is 6.92 Å². The highest BCUT2D eigenvalue weighted by molar-refractivity contribution is 5.94. The molecule has 0 atom stereocenters. The quantitative estimate of drug-likeness (QED) is 0.446. The zero-order valence-electron chi connectivity index (χ0n) is 19.9. The molecular weight excluding hydrogens is 476 g/mol. The number of amides is 1. The molecular formula is C26H26F4N4O2. The number of carbonyl (C=O) groups excluding carboxylic acids is 1. The van der Waals surface area contributed by atoms with Crippen LogP contribution < -0.4 is 4.74 Å². The fourth-order valence-electron chi connectivity index (χ4n) is 3.94. The molecule has 3 aromatic rings. The monoisotopic (exact) mass is 502 g/mol. The van der Waals surface area contributed by atoms with Crippen LogP contribution in [0.15, 0.2) is 54.6 Å². The van der Waals surface area contributed by atoms with Crippen molar-refractivity contribution in [1.29, 1.82) is 0 Å². The lowest BCUT2D eigenvalue weighted by Gasteiger charge is -2.32. The van der Waals surface area contributed by atoms with E-state index in [1.807, 2.05) is 30.1 Å². The minimum atomic E-state index is -4.79. The van der Waals surface area contributed by atoms with E-state index in [9.17, 15) is 22.4 Å². The van der Waals surface area contributed by atoms with E-state index in [0.717, 1.165) is 36.5 Å². The Hall–Kier alpha value is -3.66.